The molecule has 4 rings (SSSR count). The van der Waals surface area contributed by atoms with Crippen LogP contribution in [0.5, 0.6) is 0 Å². The van der Waals surface area contributed by atoms with Crippen molar-refractivity contribution in [2.75, 3.05) is 0 Å². The Morgan fingerprint density at radius 1 is 1.00 bits per heavy atom. The van der Waals surface area contributed by atoms with Crippen molar-refractivity contribution >= 4 is 11.0 Å². The lowest BCUT2D eigenvalue weighted by Gasteiger charge is -2.12. The molecular formula is C20H15F3N4. The third-order valence-corrected chi connectivity index (χ3v) is 4.29. The van der Waals surface area contributed by atoms with Crippen molar-refractivity contribution < 1.29 is 13.2 Å². The molecule has 0 aliphatic rings. The SMILES string of the molecule is CC(F)(F)c1cccc(-c2cnc3cnn(Cc4cncc(F)c4)c3c2)c1. The molecule has 0 atom stereocenters. The van der Waals surface area contributed by atoms with Crippen molar-refractivity contribution in [2.24, 2.45) is 0 Å². The van der Waals surface area contributed by atoms with Gasteiger partial charge in [-0.3, -0.25) is 14.6 Å². The van der Waals surface area contributed by atoms with Crippen LogP contribution in [0.1, 0.15) is 18.1 Å². The number of hydrogen-bond donors (Lipinski definition) is 0. The number of hydrogen-bond acceptors (Lipinski definition) is 3. The first-order valence-corrected chi connectivity index (χ1v) is 8.30. The number of fused-ring (bicyclic) bond motifs is 1. The average Bonchev–Trinajstić information content (AvgIpc) is 3.03. The van der Waals surface area contributed by atoms with Gasteiger partial charge < -0.3 is 0 Å². The van der Waals surface area contributed by atoms with Crippen molar-refractivity contribution in [2.45, 2.75) is 19.4 Å². The van der Waals surface area contributed by atoms with Crippen molar-refractivity contribution in [3.05, 3.63) is 78.1 Å². The van der Waals surface area contributed by atoms with Crippen LogP contribution < -0.4 is 0 Å². The largest absolute Gasteiger partial charge is 0.270 e. The van der Waals surface area contributed by atoms with Crippen LogP contribution in [0.4, 0.5) is 13.2 Å². The van der Waals surface area contributed by atoms with Crippen LogP contribution in [-0.2, 0) is 12.5 Å². The van der Waals surface area contributed by atoms with Gasteiger partial charge >= 0.3 is 0 Å². The fourth-order valence-corrected chi connectivity index (χ4v) is 2.93. The molecular weight excluding hydrogens is 353 g/mol. The van der Waals surface area contributed by atoms with Gasteiger partial charge in [0.05, 0.1) is 24.5 Å². The van der Waals surface area contributed by atoms with Gasteiger partial charge in [0, 0.05) is 30.4 Å². The fourth-order valence-electron chi connectivity index (χ4n) is 2.93. The zero-order chi connectivity index (χ0) is 19.0. The molecule has 3 aromatic heterocycles. The highest BCUT2D eigenvalue weighted by Gasteiger charge is 2.24. The summed E-state index contributed by atoms with van der Waals surface area (Å²) in [6.45, 7) is 1.20. The molecule has 0 spiro atoms. The standard InChI is InChI=1S/C20H15F3N4/c1-20(22,23)16-4-2-3-14(6-16)15-7-19-18(25-9-15)11-26-27(19)12-13-5-17(21)10-24-8-13/h2-11H,12H2,1H3. The van der Waals surface area contributed by atoms with Gasteiger partial charge in [-0.25, -0.2) is 13.2 Å². The summed E-state index contributed by atoms with van der Waals surface area (Å²) in [5.41, 5.74) is 3.35. The quantitative estimate of drug-likeness (QED) is 0.520. The Balaban J connectivity index is 1.74. The normalized spacial score (nSPS) is 11.9. The lowest BCUT2D eigenvalue weighted by atomic mass is 10.0. The molecule has 0 fully saturated rings. The highest BCUT2D eigenvalue weighted by molar-refractivity contribution is 5.80. The van der Waals surface area contributed by atoms with Crippen molar-refractivity contribution in [3.63, 3.8) is 0 Å². The molecule has 0 unspecified atom stereocenters. The second kappa shape index (κ2) is 6.50. The topological polar surface area (TPSA) is 43.6 Å². The maximum Gasteiger partial charge on any atom is 0.270 e. The first-order valence-electron chi connectivity index (χ1n) is 8.30. The molecule has 0 saturated heterocycles. The summed E-state index contributed by atoms with van der Waals surface area (Å²) in [5.74, 6) is -3.33. The minimum absolute atomic E-state index is 0.0561. The van der Waals surface area contributed by atoms with E-state index in [4.69, 9.17) is 0 Å². The molecule has 3 heterocycles. The predicted molar refractivity (Wildman–Crippen MR) is 95.8 cm³/mol. The molecule has 0 radical (unpaired) electrons. The summed E-state index contributed by atoms with van der Waals surface area (Å²) >= 11 is 0. The first kappa shape index (κ1) is 17.2. The molecule has 0 bridgehead atoms. The Bertz CT molecular complexity index is 1120. The molecule has 4 aromatic rings. The van der Waals surface area contributed by atoms with E-state index in [0.717, 1.165) is 18.6 Å². The van der Waals surface area contributed by atoms with Crippen LogP contribution >= 0.6 is 0 Å². The van der Waals surface area contributed by atoms with E-state index >= 15 is 0 Å². The Morgan fingerprint density at radius 3 is 2.63 bits per heavy atom. The number of aromatic nitrogens is 4. The average molecular weight is 368 g/mol. The fraction of sp³-hybridized carbons (Fsp3) is 0.150. The number of halogens is 3. The van der Waals surface area contributed by atoms with Gasteiger partial charge in [-0.2, -0.15) is 5.10 Å². The number of rotatable bonds is 4. The molecule has 0 aliphatic carbocycles. The Kier molecular flexibility index (Phi) is 4.14. The number of nitrogens with zero attached hydrogens (tertiary/aromatic N) is 4. The predicted octanol–water partition coefficient (Wildman–Crippen LogP) is 4.79. The molecule has 0 N–H and O–H groups in total. The third-order valence-electron chi connectivity index (χ3n) is 4.29. The summed E-state index contributed by atoms with van der Waals surface area (Å²) in [5, 5.41) is 4.30. The minimum atomic E-state index is -2.92. The molecule has 0 aliphatic heterocycles. The smallest absolute Gasteiger partial charge is 0.261 e. The minimum Gasteiger partial charge on any atom is -0.261 e. The van der Waals surface area contributed by atoms with Gasteiger partial charge in [-0.15, -0.1) is 0 Å². The van der Waals surface area contributed by atoms with E-state index < -0.39 is 11.7 Å². The van der Waals surface area contributed by atoms with Crippen LogP contribution in [0.3, 0.4) is 0 Å². The highest BCUT2D eigenvalue weighted by Crippen LogP contribution is 2.31. The summed E-state index contributed by atoms with van der Waals surface area (Å²) in [6, 6.07) is 9.45. The van der Waals surface area contributed by atoms with E-state index in [-0.39, 0.29) is 5.56 Å². The van der Waals surface area contributed by atoms with Gasteiger partial charge in [0.25, 0.3) is 5.92 Å². The maximum atomic E-state index is 13.6. The van der Waals surface area contributed by atoms with Crippen molar-refractivity contribution in [1.29, 1.82) is 0 Å². The summed E-state index contributed by atoms with van der Waals surface area (Å²) in [6.07, 6.45) is 5.95. The van der Waals surface area contributed by atoms with E-state index in [1.54, 1.807) is 35.4 Å². The molecule has 0 amide bonds. The van der Waals surface area contributed by atoms with Gasteiger partial charge in [0.1, 0.15) is 11.3 Å². The maximum absolute atomic E-state index is 13.6. The van der Waals surface area contributed by atoms with Gasteiger partial charge in [0.2, 0.25) is 0 Å². The van der Waals surface area contributed by atoms with Crippen LogP contribution in [0.15, 0.2) is 61.2 Å². The first-order chi connectivity index (χ1) is 12.9. The number of pyridine rings is 2. The van der Waals surface area contributed by atoms with Crippen LogP contribution in [-0.4, -0.2) is 19.7 Å². The monoisotopic (exact) mass is 368 g/mol. The Morgan fingerprint density at radius 2 is 1.85 bits per heavy atom. The molecule has 7 heteroatoms. The van der Waals surface area contributed by atoms with E-state index in [2.05, 4.69) is 15.1 Å². The van der Waals surface area contributed by atoms with Gasteiger partial charge in [-0.1, -0.05) is 18.2 Å². The molecule has 136 valence electrons. The summed E-state index contributed by atoms with van der Waals surface area (Å²) in [4.78, 5) is 8.21. The Hall–Kier alpha value is -3.22. The van der Waals surface area contributed by atoms with E-state index in [0.29, 0.717) is 28.8 Å². The zero-order valence-corrected chi connectivity index (χ0v) is 14.4. The van der Waals surface area contributed by atoms with Gasteiger partial charge in [0.15, 0.2) is 0 Å². The molecule has 27 heavy (non-hydrogen) atoms. The molecule has 4 nitrogen and oxygen atoms in total. The molecule has 1 aromatic carbocycles. The third kappa shape index (κ3) is 3.53. The lowest BCUT2D eigenvalue weighted by Crippen LogP contribution is -2.06. The van der Waals surface area contributed by atoms with E-state index in [1.807, 2.05) is 6.07 Å². The van der Waals surface area contributed by atoms with E-state index in [9.17, 15) is 13.2 Å². The Labute approximate surface area is 153 Å². The lowest BCUT2D eigenvalue weighted by molar-refractivity contribution is 0.0175. The molecule has 0 saturated carbocycles. The second-order valence-electron chi connectivity index (χ2n) is 6.41. The van der Waals surface area contributed by atoms with Crippen LogP contribution in [0.25, 0.3) is 22.2 Å². The number of benzene rings is 1. The highest BCUT2D eigenvalue weighted by atomic mass is 19.3. The van der Waals surface area contributed by atoms with Crippen LogP contribution in [0, 0.1) is 5.82 Å². The zero-order valence-electron chi connectivity index (χ0n) is 14.4. The van der Waals surface area contributed by atoms with Crippen molar-refractivity contribution in [3.8, 4) is 11.1 Å². The summed E-state index contributed by atoms with van der Waals surface area (Å²) in [7, 11) is 0. The van der Waals surface area contributed by atoms with Gasteiger partial charge in [-0.05, 0) is 29.3 Å². The van der Waals surface area contributed by atoms with Crippen molar-refractivity contribution in [1.82, 2.24) is 19.7 Å². The van der Waals surface area contributed by atoms with Crippen LogP contribution in [0.2, 0.25) is 0 Å². The van der Waals surface area contributed by atoms with E-state index in [1.165, 1.54) is 18.2 Å². The summed E-state index contributed by atoms with van der Waals surface area (Å²) < 4.78 is 42.3. The second-order valence-corrected chi connectivity index (χ2v) is 6.41. The number of alkyl halides is 2.